The summed E-state index contributed by atoms with van der Waals surface area (Å²) in [5.74, 6) is 0. The third kappa shape index (κ3) is 5.65. The van der Waals surface area contributed by atoms with Crippen molar-refractivity contribution in [3.63, 3.8) is 0 Å². The highest BCUT2D eigenvalue weighted by Gasteiger charge is 2.18. The summed E-state index contributed by atoms with van der Waals surface area (Å²) in [7, 11) is 0. The van der Waals surface area contributed by atoms with E-state index in [-0.39, 0.29) is 0 Å². The average molecular weight is 764 g/mol. The zero-order valence-electron chi connectivity index (χ0n) is 32.7. The zero-order valence-corrected chi connectivity index (χ0v) is 32.7. The van der Waals surface area contributed by atoms with Crippen molar-refractivity contribution in [3.05, 3.63) is 224 Å². The van der Waals surface area contributed by atoms with E-state index in [1.54, 1.807) is 0 Å². The molecule has 12 rings (SSSR count). The van der Waals surface area contributed by atoms with E-state index in [0.717, 1.165) is 44.6 Å². The molecule has 0 aliphatic heterocycles. The number of furan rings is 1. The number of hydrogen-bond donors (Lipinski definition) is 0. The molecular formula is C58H37NO. The minimum absolute atomic E-state index is 0.866. The van der Waals surface area contributed by atoms with E-state index in [0.29, 0.717) is 0 Å². The highest BCUT2D eigenvalue weighted by atomic mass is 16.3. The summed E-state index contributed by atoms with van der Waals surface area (Å²) in [5, 5.41) is 12.4. The van der Waals surface area contributed by atoms with Gasteiger partial charge in [0, 0.05) is 33.9 Å². The number of hydrogen-bond acceptors (Lipinski definition) is 2. The first kappa shape index (κ1) is 34.1. The molecular weight excluding hydrogens is 727 g/mol. The van der Waals surface area contributed by atoms with E-state index in [2.05, 4.69) is 217 Å². The summed E-state index contributed by atoms with van der Waals surface area (Å²) in [6.07, 6.45) is 0. The van der Waals surface area contributed by atoms with Crippen LogP contribution in [0.15, 0.2) is 229 Å². The molecule has 0 N–H and O–H groups in total. The van der Waals surface area contributed by atoms with Gasteiger partial charge in [-0.2, -0.15) is 0 Å². The first-order valence-electron chi connectivity index (χ1n) is 20.6. The fraction of sp³-hybridized carbons (Fsp3) is 0. The smallest absolute Gasteiger partial charge is 0.137 e. The molecule has 12 aromatic rings. The minimum Gasteiger partial charge on any atom is -0.456 e. The fourth-order valence-corrected chi connectivity index (χ4v) is 9.36. The Kier molecular flexibility index (Phi) is 7.89. The van der Waals surface area contributed by atoms with Crippen molar-refractivity contribution >= 4 is 82.1 Å². The van der Waals surface area contributed by atoms with E-state index in [9.17, 15) is 0 Å². The summed E-state index contributed by atoms with van der Waals surface area (Å²) in [4.78, 5) is 2.34. The largest absolute Gasteiger partial charge is 0.456 e. The Hall–Kier alpha value is -7.94. The molecule has 0 bridgehead atoms. The third-order valence-electron chi connectivity index (χ3n) is 12.2. The summed E-state index contributed by atoms with van der Waals surface area (Å²) in [6.45, 7) is 0. The van der Waals surface area contributed by atoms with Crippen LogP contribution < -0.4 is 4.90 Å². The van der Waals surface area contributed by atoms with Gasteiger partial charge in [0.05, 0.1) is 0 Å². The predicted octanol–water partition coefficient (Wildman–Crippen LogP) is 16.7. The lowest BCUT2D eigenvalue weighted by Gasteiger charge is -2.26. The van der Waals surface area contributed by atoms with Gasteiger partial charge in [-0.05, 0) is 131 Å². The van der Waals surface area contributed by atoms with Crippen molar-refractivity contribution in [1.29, 1.82) is 0 Å². The maximum atomic E-state index is 6.44. The van der Waals surface area contributed by atoms with Crippen LogP contribution in [0.2, 0.25) is 0 Å². The Morgan fingerprint density at radius 1 is 0.250 bits per heavy atom. The molecule has 0 saturated carbocycles. The first-order valence-corrected chi connectivity index (χ1v) is 20.6. The lowest BCUT2D eigenvalue weighted by Crippen LogP contribution is -2.10. The SMILES string of the molecule is c1cc(-c2cccc(N(c3ccc(-c4ccc5c6ccccc6c6ccccc6c5c4)cc3)c3ccc4c(c3)oc3ccccc34)c2)cc(-c2cccc3ccccc23)c1. The number of nitrogens with zero attached hydrogens (tertiary/aromatic N) is 1. The standard InChI is InChI=1S/C58H37NO/c1-2-18-47-39(12-1)13-11-24-48(47)43-16-9-14-40(34-43)41-15-10-17-45(35-41)59(46-31-33-55-54-23-7-8-25-57(54)60-58(55)37-46)44-29-26-38(27-30-44)42-28-32-53-51-21-4-3-19-49(51)50-20-5-6-22-52(50)56(53)36-42/h1-37H. The summed E-state index contributed by atoms with van der Waals surface area (Å²) < 4.78 is 6.44. The molecule has 0 aliphatic rings. The lowest BCUT2D eigenvalue weighted by molar-refractivity contribution is 0.669. The van der Waals surface area contributed by atoms with E-state index in [1.807, 2.05) is 12.1 Å². The van der Waals surface area contributed by atoms with Crippen LogP contribution in [0.5, 0.6) is 0 Å². The van der Waals surface area contributed by atoms with Crippen molar-refractivity contribution < 1.29 is 4.42 Å². The number of para-hydroxylation sites is 1. The highest BCUT2D eigenvalue weighted by Crippen LogP contribution is 2.42. The van der Waals surface area contributed by atoms with E-state index in [1.165, 1.54) is 70.9 Å². The van der Waals surface area contributed by atoms with Crippen LogP contribution in [0.1, 0.15) is 0 Å². The summed E-state index contributed by atoms with van der Waals surface area (Å²) in [5.41, 5.74) is 12.0. The first-order chi connectivity index (χ1) is 29.7. The second-order valence-corrected chi connectivity index (χ2v) is 15.7. The van der Waals surface area contributed by atoms with Crippen LogP contribution in [-0.4, -0.2) is 0 Å². The molecule has 280 valence electrons. The maximum absolute atomic E-state index is 6.44. The molecule has 1 aromatic heterocycles. The molecule has 1 heterocycles. The monoisotopic (exact) mass is 763 g/mol. The molecule has 2 heteroatoms. The van der Waals surface area contributed by atoms with Gasteiger partial charge in [0.25, 0.3) is 0 Å². The average Bonchev–Trinajstić information content (AvgIpc) is 3.70. The van der Waals surface area contributed by atoms with Crippen molar-refractivity contribution in [2.75, 3.05) is 4.90 Å². The van der Waals surface area contributed by atoms with Gasteiger partial charge in [-0.25, -0.2) is 0 Å². The van der Waals surface area contributed by atoms with Crippen LogP contribution in [0.25, 0.3) is 98.4 Å². The van der Waals surface area contributed by atoms with Gasteiger partial charge in [0.2, 0.25) is 0 Å². The molecule has 2 nitrogen and oxygen atoms in total. The van der Waals surface area contributed by atoms with E-state index < -0.39 is 0 Å². The highest BCUT2D eigenvalue weighted by molar-refractivity contribution is 6.25. The molecule has 0 fully saturated rings. The van der Waals surface area contributed by atoms with Crippen LogP contribution in [0, 0.1) is 0 Å². The summed E-state index contributed by atoms with van der Waals surface area (Å²) >= 11 is 0. The molecule has 0 unspecified atom stereocenters. The van der Waals surface area contributed by atoms with Gasteiger partial charge >= 0.3 is 0 Å². The molecule has 0 radical (unpaired) electrons. The Morgan fingerprint density at radius 2 is 0.750 bits per heavy atom. The minimum atomic E-state index is 0.866. The van der Waals surface area contributed by atoms with Crippen molar-refractivity contribution in [2.24, 2.45) is 0 Å². The van der Waals surface area contributed by atoms with Crippen LogP contribution in [0.4, 0.5) is 17.1 Å². The summed E-state index contributed by atoms with van der Waals surface area (Å²) in [6, 6.07) is 81.3. The van der Waals surface area contributed by atoms with Crippen LogP contribution >= 0.6 is 0 Å². The molecule has 60 heavy (non-hydrogen) atoms. The van der Waals surface area contributed by atoms with Crippen LogP contribution in [-0.2, 0) is 0 Å². The topological polar surface area (TPSA) is 16.4 Å². The molecule has 0 amide bonds. The Morgan fingerprint density at radius 3 is 1.53 bits per heavy atom. The number of fused-ring (bicyclic) bond motifs is 10. The maximum Gasteiger partial charge on any atom is 0.137 e. The molecule has 0 saturated heterocycles. The van der Waals surface area contributed by atoms with Crippen molar-refractivity contribution in [2.45, 2.75) is 0 Å². The normalized spacial score (nSPS) is 11.7. The Labute approximate surface area is 347 Å². The molecule has 11 aromatic carbocycles. The lowest BCUT2D eigenvalue weighted by atomic mass is 9.92. The number of anilines is 3. The number of benzene rings is 11. The number of rotatable bonds is 6. The van der Waals surface area contributed by atoms with Crippen LogP contribution in [0.3, 0.4) is 0 Å². The Bertz CT molecular complexity index is 3570. The van der Waals surface area contributed by atoms with Crippen molar-refractivity contribution in [3.8, 4) is 33.4 Å². The van der Waals surface area contributed by atoms with E-state index in [4.69, 9.17) is 4.42 Å². The second kappa shape index (κ2) is 13.9. The molecule has 0 spiro atoms. The zero-order chi connectivity index (χ0) is 39.6. The fourth-order valence-electron chi connectivity index (χ4n) is 9.36. The molecule has 0 aliphatic carbocycles. The van der Waals surface area contributed by atoms with E-state index >= 15 is 0 Å². The van der Waals surface area contributed by atoms with Gasteiger partial charge in [0.1, 0.15) is 11.2 Å². The van der Waals surface area contributed by atoms with Gasteiger partial charge in [0.15, 0.2) is 0 Å². The predicted molar refractivity (Wildman–Crippen MR) is 255 cm³/mol. The van der Waals surface area contributed by atoms with Crippen molar-refractivity contribution in [1.82, 2.24) is 0 Å². The Balaban J connectivity index is 0.974. The third-order valence-corrected chi connectivity index (χ3v) is 12.2. The quantitative estimate of drug-likeness (QED) is 0.157. The second-order valence-electron chi connectivity index (χ2n) is 15.7. The van der Waals surface area contributed by atoms with Gasteiger partial charge in [-0.15, -0.1) is 0 Å². The molecule has 0 atom stereocenters. The van der Waals surface area contributed by atoms with Gasteiger partial charge in [-0.3, -0.25) is 0 Å². The van der Waals surface area contributed by atoms with Gasteiger partial charge in [-0.1, -0.05) is 164 Å². The van der Waals surface area contributed by atoms with Gasteiger partial charge < -0.3 is 9.32 Å².